The maximum atomic E-state index is 9.66. The lowest BCUT2D eigenvalue weighted by Crippen LogP contribution is -2.14. The molecule has 1 unspecified atom stereocenters. The van der Waals surface area contributed by atoms with Crippen LogP contribution in [0, 0.1) is 12.3 Å². The fourth-order valence-corrected chi connectivity index (χ4v) is 1.95. The summed E-state index contributed by atoms with van der Waals surface area (Å²) in [5, 5.41) is 9.66. The first-order valence-electron chi connectivity index (χ1n) is 5.25. The predicted octanol–water partition coefficient (Wildman–Crippen LogP) is 2.82. The molecule has 1 aliphatic rings. The highest BCUT2D eigenvalue weighted by atomic mass is 16.3. The summed E-state index contributed by atoms with van der Waals surface area (Å²) >= 11 is 0. The summed E-state index contributed by atoms with van der Waals surface area (Å²) in [5.41, 5.74) is 3.39. The average molecular weight is 190 g/mol. The summed E-state index contributed by atoms with van der Waals surface area (Å²) in [5.74, 6) is 2.40. The van der Waals surface area contributed by atoms with Gasteiger partial charge in [0.2, 0.25) is 0 Å². The topological polar surface area (TPSA) is 20.2 Å². The van der Waals surface area contributed by atoms with Crippen molar-refractivity contribution >= 4 is 0 Å². The number of aliphatic hydroxyl groups excluding tert-OH is 1. The molecule has 14 heavy (non-hydrogen) atoms. The first-order chi connectivity index (χ1) is 6.70. The molecule has 0 aromatic rings. The summed E-state index contributed by atoms with van der Waals surface area (Å²) in [6, 6.07) is 0. The third kappa shape index (κ3) is 2.27. The van der Waals surface area contributed by atoms with Gasteiger partial charge in [0.1, 0.15) is 6.10 Å². The first-order valence-corrected chi connectivity index (χ1v) is 5.25. The molecule has 1 atom stereocenters. The summed E-state index contributed by atoms with van der Waals surface area (Å²) in [7, 11) is 0. The van der Waals surface area contributed by atoms with E-state index < -0.39 is 6.10 Å². The smallest absolute Gasteiger partial charge is 0.136 e. The van der Waals surface area contributed by atoms with Crippen LogP contribution in [0.4, 0.5) is 0 Å². The number of aliphatic hydroxyl groups is 1. The minimum atomic E-state index is -0.700. The molecular formula is C13H18O. The number of terminal acetylenes is 1. The van der Waals surface area contributed by atoms with Crippen LogP contribution in [0.5, 0.6) is 0 Å². The van der Waals surface area contributed by atoms with Gasteiger partial charge in [-0.25, -0.2) is 0 Å². The number of hydrogen-bond acceptors (Lipinski definition) is 1. The second kappa shape index (κ2) is 5.02. The van der Waals surface area contributed by atoms with Gasteiger partial charge in [-0.3, -0.25) is 0 Å². The quantitative estimate of drug-likeness (QED) is 0.678. The van der Waals surface area contributed by atoms with E-state index in [1.165, 1.54) is 12.0 Å². The molecule has 0 heterocycles. The van der Waals surface area contributed by atoms with Crippen molar-refractivity contribution in [2.75, 3.05) is 0 Å². The molecule has 1 nitrogen and oxygen atoms in total. The molecule has 0 aromatic heterocycles. The molecule has 0 bridgehead atoms. The third-order valence-corrected chi connectivity index (χ3v) is 2.85. The van der Waals surface area contributed by atoms with Gasteiger partial charge in [0.15, 0.2) is 0 Å². The van der Waals surface area contributed by atoms with E-state index in [1.54, 1.807) is 0 Å². The largest absolute Gasteiger partial charge is 0.376 e. The van der Waals surface area contributed by atoms with Crippen molar-refractivity contribution in [2.24, 2.45) is 0 Å². The van der Waals surface area contributed by atoms with Crippen LogP contribution in [0.3, 0.4) is 0 Å². The Hall–Kier alpha value is -1.00. The zero-order valence-electron chi connectivity index (χ0n) is 8.84. The van der Waals surface area contributed by atoms with Crippen molar-refractivity contribution in [3.05, 3.63) is 23.3 Å². The SMILES string of the molecule is C#CC(O)C1=C(C(=C)CC)CCCC1. The number of rotatable bonds is 3. The van der Waals surface area contributed by atoms with Crippen LogP contribution in [0.1, 0.15) is 39.0 Å². The molecule has 0 spiro atoms. The highest BCUT2D eigenvalue weighted by Crippen LogP contribution is 2.32. The van der Waals surface area contributed by atoms with E-state index in [0.29, 0.717) is 0 Å². The van der Waals surface area contributed by atoms with Gasteiger partial charge in [0.05, 0.1) is 0 Å². The zero-order valence-corrected chi connectivity index (χ0v) is 8.84. The molecule has 0 radical (unpaired) electrons. The van der Waals surface area contributed by atoms with Crippen molar-refractivity contribution in [1.82, 2.24) is 0 Å². The average Bonchev–Trinajstić information content (AvgIpc) is 2.27. The van der Waals surface area contributed by atoms with Crippen molar-refractivity contribution in [2.45, 2.75) is 45.1 Å². The lowest BCUT2D eigenvalue weighted by Gasteiger charge is -2.23. The van der Waals surface area contributed by atoms with E-state index >= 15 is 0 Å². The Bertz CT molecular complexity index is 291. The lowest BCUT2D eigenvalue weighted by molar-refractivity contribution is 0.259. The molecule has 0 saturated heterocycles. The minimum absolute atomic E-state index is 0.700. The summed E-state index contributed by atoms with van der Waals surface area (Å²) in [4.78, 5) is 0. The van der Waals surface area contributed by atoms with Crippen molar-refractivity contribution < 1.29 is 5.11 Å². The van der Waals surface area contributed by atoms with Crippen LogP contribution in [-0.4, -0.2) is 11.2 Å². The molecule has 1 heteroatoms. The number of hydrogen-bond donors (Lipinski definition) is 1. The molecule has 0 fully saturated rings. The Balaban J connectivity index is 2.97. The summed E-state index contributed by atoms with van der Waals surface area (Å²) in [6.07, 6.45) is 9.77. The molecule has 1 N–H and O–H groups in total. The van der Waals surface area contributed by atoms with E-state index in [1.807, 2.05) is 0 Å². The van der Waals surface area contributed by atoms with Crippen molar-refractivity contribution in [3.8, 4) is 12.3 Å². The Labute approximate surface area is 86.5 Å². The van der Waals surface area contributed by atoms with Crippen molar-refractivity contribution in [1.29, 1.82) is 0 Å². The van der Waals surface area contributed by atoms with E-state index in [2.05, 4.69) is 19.4 Å². The normalized spacial score (nSPS) is 18.9. The van der Waals surface area contributed by atoms with E-state index in [9.17, 15) is 5.11 Å². The molecule has 76 valence electrons. The van der Waals surface area contributed by atoms with E-state index in [-0.39, 0.29) is 0 Å². The monoisotopic (exact) mass is 190 g/mol. The van der Waals surface area contributed by atoms with Crippen LogP contribution in [0.25, 0.3) is 0 Å². The predicted molar refractivity (Wildman–Crippen MR) is 59.8 cm³/mol. The molecule has 1 rings (SSSR count). The van der Waals surface area contributed by atoms with Crippen LogP contribution < -0.4 is 0 Å². The minimum Gasteiger partial charge on any atom is -0.376 e. The van der Waals surface area contributed by atoms with Crippen LogP contribution in [0.15, 0.2) is 23.3 Å². The first kappa shape index (κ1) is 11.1. The van der Waals surface area contributed by atoms with Gasteiger partial charge >= 0.3 is 0 Å². The lowest BCUT2D eigenvalue weighted by atomic mass is 9.84. The zero-order chi connectivity index (χ0) is 10.6. The van der Waals surface area contributed by atoms with Crippen LogP contribution in [-0.2, 0) is 0 Å². The standard InChI is InChI=1S/C13H18O/c1-4-10(3)11-8-6-7-9-12(11)13(14)5-2/h2,13-14H,3-4,6-9H2,1H3. The maximum absolute atomic E-state index is 9.66. The van der Waals surface area contributed by atoms with Crippen molar-refractivity contribution in [3.63, 3.8) is 0 Å². The highest BCUT2D eigenvalue weighted by Gasteiger charge is 2.18. The molecule has 1 aliphatic carbocycles. The van der Waals surface area contributed by atoms with Gasteiger partial charge in [-0.15, -0.1) is 6.42 Å². The van der Waals surface area contributed by atoms with Gasteiger partial charge in [-0.05, 0) is 43.3 Å². The summed E-state index contributed by atoms with van der Waals surface area (Å²) in [6.45, 7) is 6.11. The molecule has 0 amide bonds. The van der Waals surface area contributed by atoms with Crippen LogP contribution >= 0.6 is 0 Å². The maximum Gasteiger partial charge on any atom is 0.136 e. The summed E-state index contributed by atoms with van der Waals surface area (Å²) < 4.78 is 0. The van der Waals surface area contributed by atoms with Gasteiger partial charge in [0, 0.05) is 0 Å². The number of allylic oxidation sites excluding steroid dienone is 2. The van der Waals surface area contributed by atoms with Gasteiger partial charge in [-0.1, -0.05) is 25.0 Å². The molecule has 0 saturated carbocycles. The molecular weight excluding hydrogens is 172 g/mol. The molecule has 0 aromatic carbocycles. The van der Waals surface area contributed by atoms with Gasteiger partial charge in [-0.2, -0.15) is 0 Å². The highest BCUT2D eigenvalue weighted by molar-refractivity contribution is 5.38. The Kier molecular flexibility index (Phi) is 3.98. The Morgan fingerprint density at radius 1 is 1.57 bits per heavy atom. The second-order valence-electron chi connectivity index (χ2n) is 3.74. The van der Waals surface area contributed by atoms with Gasteiger partial charge in [0.25, 0.3) is 0 Å². The van der Waals surface area contributed by atoms with E-state index in [4.69, 9.17) is 6.42 Å². The third-order valence-electron chi connectivity index (χ3n) is 2.85. The van der Waals surface area contributed by atoms with E-state index in [0.717, 1.165) is 36.8 Å². The fraction of sp³-hybridized carbons (Fsp3) is 0.538. The van der Waals surface area contributed by atoms with Crippen LogP contribution in [0.2, 0.25) is 0 Å². The molecule has 0 aliphatic heterocycles. The Morgan fingerprint density at radius 3 is 2.79 bits per heavy atom. The van der Waals surface area contributed by atoms with Gasteiger partial charge < -0.3 is 5.11 Å². The Morgan fingerprint density at radius 2 is 2.21 bits per heavy atom. The second-order valence-corrected chi connectivity index (χ2v) is 3.74. The fourth-order valence-electron chi connectivity index (χ4n) is 1.95.